The normalized spacial score (nSPS) is 11.1. The second-order valence-corrected chi connectivity index (χ2v) is 7.30. The fraction of sp³-hybridized carbons (Fsp3) is 0.100. The van der Waals surface area contributed by atoms with Crippen LogP contribution in [-0.4, -0.2) is 31.7 Å². The monoisotopic (exact) mass is 410 g/mol. The maximum Gasteiger partial charge on any atom is 0.371 e. The van der Waals surface area contributed by atoms with Crippen molar-refractivity contribution in [3.8, 4) is 11.4 Å². The Morgan fingerprint density at radius 2 is 1.83 bits per heavy atom. The molecule has 146 valence electrons. The molecule has 0 spiro atoms. The molecule has 0 aliphatic carbocycles. The third-order valence-corrected chi connectivity index (χ3v) is 5.64. The van der Waals surface area contributed by atoms with E-state index >= 15 is 0 Å². The molecule has 9 heteroatoms. The summed E-state index contributed by atoms with van der Waals surface area (Å²) in [6, 6.07) is 11.8. The molecule has 0 radical (unpaired) electrons. The lowest BCUT2D eigenvalue weighted by Crippen LogP contribution is -2.24. The second-order valence-electron chi connectivity index (χ2n) is 6.31. The van der Waals surface area contributed by atoms with Gasteiger partial charge in [0, 0.05) is 5.56 Å². The third kappa shape index (κ3) is 3.21. The van der Waals surface area contributed by atoms with Gasteiger partial charge in [0.25, 0.3) is 5.56 Å². The van der Waals surface area contributed by atoms with Crippen LogP contribution < -0.4 is 5.56 Å². The maximum atomic E-state index is 13.3. The molecule has 0 saturated carbocycles. The van der Waals surface area contributed by atoms with Crippen molar-refractivity contribution in [3.05, 3.63) is 74.8 Å². The summed E-state index contributed by atoms with van der Waals surface area (Å²) < 4.78 is 6.67. The molecule has 8 nitrogen and oxygen atoms in total. The van der Waals surface area contributed by atoms with Crippen LogP contribution in [0, 0.1) is 6.92 Å². The highest BCUT2D eigenvalue weighted by Gasteiger charge is 2.22. The van der Waals surface area contributed by atoms with Gasteiger partial charge < -0.3 is 14.6 Å². The number of carboxylic acid groups (broad SMARTS) is 2. The Labute approximate surface area is 167 Å². The molecule has 2 N–H and O–H groups in total. The molecule has 0 amide bonds. The number of nitrogens with zero attached hydrogens (tertiary/aromatic N) is 2. The minimum absolute atomic E-state index is 0.0447. The van der Waals surface area contributed by atoms with E-state index in [0.717, 1.165) is 11.3 Å². The number of thiophene rings is 1. The number of hydrogen-bond donors (Lipinski definition) is 2. The molecule has 29 heavy (non-hydrogen) atoms. The summed E-state index contributed by atoms with van der Waals surface area (Å²) in [6.07, 6.45) is 0. The average Bonchev–Trinajstić information content (AvgIpc) is 3.29. The van der Waals surface area contributed by atoms with Crippen molar-refractivity contribution in [2.24, 2.45) is 0 Å². The minimum atomic E-state index is -1.21. The van der Waals surface area contributed by atoms with Crippen LogP contribution in [0.2, 0.25) is 0 Å². The van der Waals surface area contributed by atoms with Gasteiger partial charge in [-0.25, -0.2) is 14.6 Å². The number of hydrogen-bond acceptors (Lipinski definition) is 6. The second kappa shape index (κ2) is 7.02. The van der Waals surface area contributed by atoms with Crippen LogP contribution >= 0.6 is 11.3 Å². The molecule has 0 fully saturated rings. The lowest BCUT2D eigenvalue weighted by Gasteiger charge is -2.11. The van der Waals surface area contributed by atoms with Gasteiger partial charge in [0.1, 0.15) is 21.3 Å². The highest BCUT2D eigenvalue weighted by atomic mass is 32.1. The quantitative estimate of drug-likeness (QED) is 0.516. The first kappa shape index (κ1) is 18.6. The molecule has 0 unspecified atom stereocenters. The predicted molar refractivity (Wildman–Crippen MR) is 106 cm³/mol. The number of rotatable bonds is 5. The zero-order valence-electron chi connectivity index (χ0n) is 15.1. The molecule has 0 aliphatic rings. The van der Waals surface area contributed by atoms with Gasteiger partial charge in [-0.2, -0.15) is 0 Å². The zero-order chi connectivity index (χ0) is 20.7. The average molecular weight is 410 g/mol. The standard InChI is InChI=1S/C20H14N2O6S/c1-10-14-17(29-15(10)20(26)27)21-16(11-5-3-2-4-6-11)22(18(14)23)9-12-7-8-13(28-12)19(24)25/h2-8H,9H2,1H3,(H,24,25)(H,26,27). The highest BCUT2D eigenvalue weighted by molar-refractivity contribution is 7.20. The summed E-state index contributed by atoms with van der Waals surface area (Å²) in [5.74, 6) is -1.94. The summed E-state index contributed by atoms with van der Waals surface area (Å²) in [7, 11) is 0. The summed E-state index contributed by atoms with van der Waals surface area (Å²) in [6.45, 7) is 1.53. The molecular weight excluding hydrogens is 396 g/mol. The lowest BCUT2D eigenvalue weighted by molar-refractivity contribution is 0.0657. The Morgan fingerprint density at radius 3 is 2.45 bits per heavy atom. The van der Waals surface area contributed by atoms with Crippen LogP contribution in [-0.2, 0) is 6.54 Å². The summed E-state index contributed by atoms with van der Waals surface area (Å²) >= 11 is 0.953. The highest BCUT2D eigenvalue weighted by Crippen LogP contribution is 2.29. The van der Waals surface area contributed by atoms with Crippen molar-refractivity contribution in [1.29, 1.82) is 0 Å². The minimum Gasteiger partial charge on any atom is -0.477 e. The Hall–Kier alpha value is -3.72. The van der Waals surface area contributed by atoms with Gasteiger partial charge in [0.2, 0.25) is 5.76 Å². The van der Waals surface area contributed by atoms with Crippen LogP contribution in [0.4, 0.5) is 0 Å². The van der Waals surface area contributed by atoms with Crippen LogP contribution in [0.5, 0.6) is 0 Å². The van der Waals surface area contributed by atoms with E-state index in [9.17, 15) is 19.5 Å². The Bertz CT molecular complexity index is 1320. The molecule has 0 atom stereocenters. The molecule has 0 bridgehead atoms. The van der Waals surface area contributed by atoms with E-state index in [-0.39, 0.29) is 28.3 Å². The first-order valence-electron chi connectivity index (χ1n) is 8.51. The number of carboxylic acids is 2. The van der Waals surface area contributed by atoms with Crippen LogP contribution in [0.25, 0.3) is 21.6 Å². The molecule has 0 saturated heterocycles. The fourth-order valence-corrected chi connectivity index (χ4v) is 4.12. The van der Waals surface area contributed by atoms with Crippen molar-refractivity contribution in [1.82, 2.24) is 9.55 Å². The third-order valence-electron chi connectivity index (χ3n) is 4.46. The lowest BCUT2D eigenvalue weighted by atomic mass is 10.1. The Kier molecular flexibility index (Phi) is 4.51. The number of aromatic nitrogens is 2. The molecular formula is C20H14N2O6S. The van der Waals surface area contributed by atoms with E-state index in [4.69, 9.17) is 9.52 Å². The van der Waals surface area contributed by atoms with Crippen LogP contribution in [0.3, 0.4) is 0 Å². The Morgan fingerprint density at radius 1 is 1.10 bits per heavy atom. The van der Waals surface area contributed by atoms with Gasteiger partial charge in [-0.1, -0.05) is 30.3 Å². The van der Waals surface area contributed by atoms with Gasteiger partial charge in [-0.05, 0) is 24.6 Å². The predicted octanol–water partition coefficient (Wildman–Crippen LogP) is 3.47. The number of furan rings is 1. The van der Waals surface area contributed by atoms with E-state index in [1.54, 1.807) is 31.2 Å². The number of aromatic carboxylic acids is 2. The van der Waals surface area contributed by atoms with E-state index < -0.39 is 17.5 Å². The first-order chi connectivity index (χ1) is 13.9. The van der Waals surface area contributed by atoms with Gasteiger partial charge >= 0.3 is 11.9 Å². The topological polar surface area (TPSA) is 123 Å². The summed E-state index contributed by atoms with van der Waals surface area (Å²) in [5, 5.41) is 18.7. The van der Waals surface area contributed by atoms with Gasteiger partial charge in [0.05, 0.1) is 11.9 Å². The number of benzene rings is 1. The largest absolute Gasteiger partial charge is 0.477 e. The number of fused-ring (bicyclic) bond motifs is 1. The van der Waals surface area contributed by atoms with Crippen molar-refractivity contribution in [2.45, 2.75) is 13.5 Å². The molecule has 1 aromatic carbocycles. The maximum absolute atomic E-state index is 13.3. The van der Waals surface area contributed by atoms with E-state index in [1.807, 2.05) is 6.07 Å². The zero-order valence-corrected chi connectivity index (χ0v) is 15.9. The summed E-state index contributed by atoms with van der Waals surface area (Å²) in [4.78, 5) is 40.9. The van der Waals surface area contributed by atoms with Crippen molar-refractivity contribution >= 4 is 33.5 Å². The number of aryl methyl sites for hydroxylation is 1. The smallest absolute Gasteiger partial charge is 0.371 e. The SMILES string of the molecule is Cc1c(C(=O)O)sc2nc(-c3ccccc3)n(Cc3ccc(C(=O)O)o3)c(=O)c12. The fourth-order valence-electron chi connectivity index (χ4n) is 3.11. The van der Waals surface area contributed by atoms with Crippen LogP contribution in [0.1, 0.15) is 31.6 Å². The van der Waals surface area contributed by atoms with Gasteiger partial charge in [-0.15, -0.1) is 11.3 Å². The summed E-state index contributed by atoms with van der Waals surface area (Å²) in [5.41, 5.74) is 0.608. The van der Waals surface area contributed by atoms with Crippen molar-refractivity contribution < 1.29 is 24.2 Å². The number of carbonyl (C=O) groups is 2. The van der Waals surface area contributed by atoms with Gasteiger partial charge in [0.15, 0.2) is 0 Å². The molecule has 4 aromatic rings. The van der Waals surface area contributed by atoms with Crippen molar-refractivity contribution in [2.75, 3.05) is 0 Å². The molecule has 4 rings (SSSR count). The first-order valence-corrected chi connectivity index (χ1v) is 9.33. The van der Waals surface area contributed by atoms with Gasteiger partial charge in [-0.3, -0.25) is 9.36 Å². The molecule has 0 aliphatic heterocycles. The van der Waals surface area contributed by atoms with E-state index in [2.05, 4.69) is 4.98 Å². The molecule has 3 aromatic heterocycles. The molecule has 3 heterocycles. The Balaban J connectivity index is 1.97. The van der Waals surface area contributed by atoms with Crippen molar-refractivity contribution in [3.63, 3.8) is 0 Å². The van der Waals surface area contributed by atoms with E-state index in [1.165, 1.54) is 16.7 Å². The van der Waals surface area contributed by atoms with Crippen LogP contribution in [0.15, 0.2) is 51.7 Å². The van der Waals surface area contributed by atoms with E-state index in [0.29, 0.717) is 21.8 Å².